The quantitative estimate of drug-likeness (QED) is 0.350. The van der Waals surface area contributed by atoms with Crippen LogP contribution in [-0.4, -0.2) is 17.5 Å². The highest BCUT2D eigenvalue weighted by Gasteiger charge is 2.10. The Kier molecular flexibility index (Phi) is 4.33. The molecule has 5 nitrogen and oxygen atoms in total. The summed E-state index contributed by atoms with van der Waals surface area (Å²) in [4.78, 5) is 20.8. The summed E-state index contributed by atoms with van der Waals surface area (Å²) in [5.74, 6) is -2.17. The molecule has 0 amide bonds. The third kappa shape index (κ3) is 3.67. The first kappa shape index (κ1) is 12.8. The minimum Gasteiger partial charge on any atom is -0.461 e. The molecule has 17 heavy (non-hydrogen) atoms. The number of non-ortho nitro benzene ring substituents is 1. The largest absolute Gasteiger partial charge is 0.461 e. The highest BCUT2D eigenvalue weighted by atomic mass is 19.1. The molecule has 0 atom stereocenters. The summed E-state index contributed by atoms with van der Waals surface area (Å²) in [5.41, 5.74) is 0.0557. The maximum absolute atomic E-state index is 13.2. The molecule has 0 aromatic heterocycles. The number of carbonyl (C=O) groups is 1. The Morgan fingerprint density at radius 1 is 1.59 bits per heavy atom. The van der Waals surface area contributed by atoms with Gasteiger partial charge in [0.15, 0.2) is 0 Å². The molecular weight excluding hydrogens is 229 g/mol. The second-order valence-electron chi connectivity index (χ2n) is 3.06. The minimum absolute atomic E-state index is 0.0645. The van der Waals surface area contributed by atoms with Crippen LogP contribution in [-0.2, 0) is 9.53 Å². The molecule has 0 heterocycles. The number of nitro benzene ring substituents is 1. The van der Waals surface area contributed by atoms with Crippen molar-refractivity contribution in [3.05, 3.63) is 45.8 Å². The van der Waals surface area contributed by atoms with Gasteiger partial charge in [0.25, 0.3) is 5.69 Å². The molecule has 1 aromatic rings. The zero-order valence-corrected chi connectivity index (χ0v) is 9.05. The standard InChI is InChI=1S/C11H10FNO4/c1-2-17-11(14)10(12)7-8-4-3-5-9(6-8)13(15)16/h3-7H,2H2,1H3/b10-7-. The first-order valence-corrected chi connectivity index (χ1v) is 4.83. The summed E-state index contributed by atoms with van der Waals surface area (Å²) in [6, 6.07) is 5.30. The lowest BCUT2D eigenvalue weighted by Crippen LogP contribution is -2.03. The molecule has 0 saturated heterocycles. The van der Waals surface area contributed by atoms with Gasteiger partial charge in [0.1, 0.15) is 0 Å². The summed E-state index contributed by atoms with van der Waals surface area (Å²) in [6.45, 7) is 1.62. The lowest BCUT2D eigenvalue weighted by Gasteiger charge is -1.98. The predicted octanol–water partition coefficient (Wildman–Crippen LogP) is 2.47. The van der Waals surface area contributed by atoms with E-state index in [1.54, 1.807) is 6.92 Å². The summed E-state index contributed by atoms with van der Waals surface area (Å²) in [7, 11) is 0. The van der Waals surface area contributed by atoms with Gasteiger partial charge >= 0.3 is 5.97 Å². The number of esters is 1. The van der Waals surface area contributed by atoms with E-state index in [9.17, 15) is 19.3 Å². The Bertz CT molecular complexity index is 470. The number of carbonyl (C=O) groups excluding carboxylic acids is 1. The average Bonchev–Trinajstić information content (AvgIpc) is 2.29. The number of halogens is 1. The number of hydrogen-bond acceptors (Lipinski definition) is 4. The molecule has 0 N–H and O–H groups in total. The number of benzene rings is 1. The van der Waals surface area contributed by atoms with Crippen molar-refractivity contribution in [3.63, 3.8) is 0 Å². The first-order chi connectivity index (χ1) is 8.04. The van der Waals surface area contributed by atoms with Crippen molar-refractivity contribution in [2.24, 2.45) is 0 Å². The van der Waals surface area contributed by atoms with E-state index in [0.29, 0.717) is 0 Å². The SMILES string of the molecule is CCOC(=O)/C(F)=C/c1cccc([N+](=O)[O-])c1. The molecule has 0 fully saturated rings. The van der Waals surface area contributed by atoms with Crippen molar-refractivity contribution in [2.75, 3.05) is 6.61 Å². The third-order valence-electron chi connectivity index (χ3n) is 1.84. The summed E-state index contributed by atoms with van der Waals surface area (Å²) >= 11 is 0. The number of hydrogen-bond donors (Lipinski definition) is 0. The van der Waals surface area contributed by atoms with Crippen molar-refractivity contribution in [1.29, 1.82) is 0 Å². The molecule has 0 spiro atoms. The average molecular weight is 239 g/mol. The van der Waals surface area contributed by atoms with Gasteiger partial charge in [-0.1, -0.05) is 12.1 Å². The molecule has 6 heteroatoms. The number of ether oxygens (including phenoxy) is 1. The van der Waals surface area contributed by atoms with Gasteiger partial charge < -0.3 is 4.74 Å². The van der Waals surface area contributed by atoms with Crippen LogP contribution >= 0.6 is 0 Å². The smallest absolute Gasteiger partial charge is 0.367 e. The molecule has 0 aliphatic carbocycles. The second-order valence-corrected chi connectivity index (χ2v) is 3.06. The van der Waals surface area contributed by atoms with Gasteiger partial charge in [-0.3, -0.25) is 10.1 Å². The van der Waals surface area contributed by atoms with Crippen LogP contribution < -0.4 is 0 Å². The fourth-order valence-electron chi connectivity index (χ4n) is 1.13. The Labute approximate surface area is 96.7 Å². The maximum atomic E-state index is 13.2. The number of nitro groups is 1. The van der Waals surface area contributed by atoms with E-state index in [2.05, 4.69) is 4.74 Å². The molecule has 0 radical (unpaired) electrons. The second kappa shape index (κ2) is 5.74. The fourth-order valence-corrected chi connectivity index (χ4v) is 1.13. The van der Waals surface area contributed by atoms with Crippen LogP contribution in [0.15, 0.2) is 30.1 Å². The lowest BCUT2D eigenvalue weighted by atomic mass is 10.2. The van der Waals surface area contributed by atoms with Gasteiger partial charge in [0, 0.05) is 12.1 Å². The van der Waals surface area contributed by atoms with E-state index in [-0.39, 0.29) is 17.9 Å². The van der Waals surface area contributed by atoms with Crippen LogP contribution in [0.4, 0.5) is 10.1 Å². The van der Waals surface area contributed by atoms with E-state index in [0.717, 1.165) is 6.08 Å². The van der Waals surface area contributed by atoms with Crippen molar-refractivity contribution in [3.8, 4) is 0 Å². The molecule has 90 valence electrons. The Morgan fingerprint density at radius 3 is 2.88 bits per heavy atom. The normalized spacial score (nSPS) is 11.1. The molecule has 1 aromatic carbocycles. The lowest BCUT2D eigenvalue weighted by molar-refractivity contribution is -0.384. The van der Waals surface area contributed by atoms with Crippen LogP contribution in [0.1, 0.15) is 12.5 Å². The zero-order chi connectivity index (χ0) is 12.8. The van der Waals surface area contributed by atoms with Crippen LogP contribution in [0, 0.1) is 10.1 Å². The number of nitrogens with zero attached hydrogens (tertiary/aromatic N) is 1. The molecule has 0 aliphatic heterocycles. The van der Waals surface area contributed by atoms with Gasteiger partial charge in [-0.2, -0.15) is 4.39 Å². The molecular formula is C11H10FNO4. The van der Waals surface area contributed by atoms with Crippen LogP contribution in [0.25, 0.3) is 6.08 Å². The third-order valence-corrected chi connectivity index (χ3v) is 1.84. The minimum atomic E-state index is -1.09. The van der Waals surface area contributed by atoms with Crippen LogP contribution in [0.3, 0.4) is 0 Å². The van der Waals surface area contributed by atoms with Gasteiger partial charge in [-0.25, -0.2) is 4.79 Å². The van der Waals surface area contributed by atoms with Gasteiger partial charge in [0.2, 0.25) is 5.83 Å². The van der Waals surface area contributed by atoms with Crippen LogP contribution in [0.5, 0.6) is 0 Å². The highest BCUT2D eigenvalue weighted by molar-refractivity contribution is 5.91. The highest BCUT2D eigenvalue weighted by Crippen LogP contribution is 2.16. The predicted molar refractivity (Wildman–Crippen MR) is 58.8 cm³/mol. The Morgan fingerprint density at radius 2 is 2.29 bits per heavy atom. The Balaban J connectivity index is 2.94. The van der Waals surface area contributed by atoms with Crippen molar-refractivity contribution >= 4 is 17.7 Å². The van der Waals surface area contributed by atoms with Crippen LogP contribution in [0.2, 0.25) is 0 Å². The first-order valence-electron chi connectivity index (χ1n) is 4.83. The van der Waals surface area contributed by atoms with E-state index < -0.39 is 16.7 Å². The van der Waals surface area contributed by atoms with E-state index >= 15 is 0 Å². The van der Waals surface area contributed by atoms with Crippen molar-refractivity contribution < 1.29 is 18.8 Å². The van der Waals surface area contributed by atoms with Crippen molar-refractivity contribution in [1.82, 2.24) is 0 Å². The molecule has 0 aliphatic rings. The molecule has 0 bridgehead atoms. The molecule has 0 unspecified atom stereocenters. The topological polar surface area (TPSA) is 69.4 Å². The van der Waals surface area contributed by atoms with Gasteiger partial charge in [-0.05, 0) is 18.6 Å². The molecule has 1 rings (SSSR count). The number of rotatable bonds is 4. The van der Waals surface area contributed by atoms with Gasteiger partial charge in [-0.15, -0.1) is 0 Å². The van der Waals surface area contributed by atoms with E-state index in [4.69, 9.17) is 0 Å². The van der Waals surface area contributed by atoms with E-state index in [1.165, 1.54) is 24.3 Å². The molecule has 0 saturated carbocycles. The van der Waals surface area contributed by atoms with E-state index in [1.807, 2.05) is 0 Å². The van der Waals surface area contributed by atoms with Gasteiger partial charge in [0.05, 0.1) is 11.5 Å². The monoisotopic (exact) mass is 239 g/mol. The fraction of sp³-hybridized carbons (Fsp3) is 0.182. The summed E-state index contributed by atoms with van der Waals surface area (Å²) < 4.78 is 17.7. The zero-order valence-electron chi connectivity index (χ0n) is 9.05. The maximum Gasteiger partial charge on any atom is 0.367 e. The Hall–Kier alpha value is -2.24. The summed E-state index contributed by atoms with van der Waals surface area (Å²) in [6.07, 6.45) is 0.894. The summed E-state index contributed by atoms with van der Waals surface area (Å²) in [5, 5.41) is 10.5. The van der Waals surface area contributed by atoms with Crippen molar-refractivity contribution in [2.45, 2.75) is 6.92 Å².